The predicted octanol–water partition coefficient (Wildman–Crippen LogP) is 3.90. The highest BCUT2D eigenvalue weighted by Gasteiger charge is 2.50. The van der Waals surface area contributed by atoms with E-state index < -0.39 is 5.72 Å². The van der Waals surface area contributed by atoms with Crippen molar-refractivity contribution >= 4 is 23.4 Å². The first-order valence-electron chi connectivity index (χ1n) is 6.71. The van der Waals surface area contributed by atoms with Gasteiger partial charge in [-0.3, -0.25) is 0 Å². The van der Waals surface area contributed by atoms with E-state index in [1.54, 1.807) is 23.9 Å². The van der Waals surface area contributed by atoms with E-state index in [0.29, 0.717) is 24.4 Å². The molecule has 1 aromatic rings. The normalized spacial score (nSPS) is 26.3. The minimum absolute atomic E-state index is 0.0930. The molecule has 0 saturated carbocycles. The van der Waals surface area contributed by atoms with Crippen LogP contribution in [-0.4, -0.2) is 27.7 Å². The first kappa shape index (κ1) is 15.7. The fraction of sp³-hybridized carbons (Fsp3) is 0.467. The molecule has 1 saturated heterocycles. The van der Waals surface area contributed by atoms with Crippen LogP contribution >= 0.6 is 23.4 Å². The molecule has 20 heavy (non-hydrogen) atoms. The maximum Gasteiger partial charge on any atom is 0.177 e. The highest BCUT2D eigenvalue weighted by molar-refractivity contribution is 8.03. The van der Waals surface area contributed by atoms with E-state index in [9.17, 15) is 9.50 Å². The van der Waals surface area contributed by atoms with Crippen LogP contribution in [0.25, 0.3) is 0 Å². The maximum atomic E-state index is 13.1. The highest BCUT2D eigenvalue weighted by atomic mass is 35.5. The van der Waals surface area contributed by atoms with E-state index in [-0.39, 0.29) is 11.1 Å². The van der Waals surface area contributed by atoms with Crippen LogP contribution in [-0.2, 0) is 5.72 Å². The smallest absolute Gasteiger partial charge is 0.177 e. The molecule has 0 bridgehead atoms. The van der Waals surface area contributed by atoms with Crippen LogP contribution in [0.4, 0.5) is 4.39 Å². The lowest BCUT2D eigenvalue weighted by molar-refractivity contribution is -0.0852. The van der Waals surface area contributed by atoms with Gasteiger partial charge in [0, 0.05) is 18.0 Å². The van der Waals surface area contributed by atoms with Gasteiger partial charge < -0.3 is 10.0 Å². The molecule has 2 rings (SSSR count). The summed E-state index contributed by atoms with van der Waals surface area (Å²) in [7, 11) is 0. The monoisotopic (exact) mass is 315 g/mol. The fourth-order valence-electron chi connectivity index (χ4n) is 2.59. The predicted molar refractivity (Wildman–Crippen MR) is 83.1 cm³/mol. The molecule has 110 valence electrons. The van der Waals surface area contributed by atoms with Crippen molar-refractivity contribution in [3.63, 3.8) is 0 Å². The van der Waals surface area contributed by atoms with Crippen LogP contribution in [0.15, 0.2) is 35.9 Å². The summed E-state index contributed by atoms with van der Waals surface area (Å²) >= 11 is 7.41. The summed E-state index contributed by atoms with van der Waals surface area (Å²) in [6.07, 6.45) is 1.57. The van der Waals surface area contributed by atoms with Gasteiger partial charge in [0.05, 0.1) is 10.3 Å². The number of hydrogen-bond donors (Lipinski definition) is 1. The second kappa shape index (κ2) is 6.37. The van der Waals surface area contributed by atoms with Crippen LogP contribution < -0.4 is 0 Å². The van der Waals surface area contributed by atoms with E-state index in [4.69, 9.17) is 11.6 Å². The standard InChI is InChI=1S/C15H19ClFNOS/c1-3-10-18-11(2)20-14(8-9-16)15(18,19)12-4-6-13(17)7-5-12/h4-7,14,19H,2-3,8-10H2,1H3. The summed E-state index contributed by atoms with van der Waals surface area (Å²) in [5, 5.41) is 12.0. The van der Waals surface area contributed by atoms with Crippen LogP contribution in [0.3, 0.4) is 0 Å². The lowest BCUT2D eigenvalue weighted by Gasteiger charge is -2.38. The minimum Gasteiger partial charge on any atom is -0.366 e. The van der Waals surface area contributed by atoms with Crippen LogP contribution in [0.5, 0.6) is 0 Å². The lowest BCUT2D eigenvalue weighted by Crippen LogP contribution is -2.47. The molecule has 0 aromatic heterocycles. The van der Waals surface area contributed by atoms with E-state index in [2.05, 4.69) is 13.5 Å². The van der Waals surface area contributed by atoms with Crippen molar-refractivity contribution in [3.05, 3.63) is 47.3 Å². The Morgan fingerprint density at radius 1 is 1.45 bits per heavy atom. The summed E-state index contributed by atoms with van der Waals surface area (Å²) in [6.45, 7) is 6.80. The number of halogens is 2. The Kier molecular flexibility index (Phi) is 4.99. The molecule has 0 spiro atoms. The third-order valence-electron chi connectivity index (χ3n) is 3.53. The molecule has 0 aliphatic carbocycles. The van der Waals surface area contributed by atoms with Crippen molar-refractivity contribution in [2.24, 2.45) is 0 Å². The van der Waals surface area contributed by atoms with Crippen molar-refractivity contribution in [1.82, 2.24) is 4.90 Å². The number of aliphatic hydroxyl groups is 1. The molecule has 2 unspecified atom stereocenters. The molecule has 0 radical (unpaired) electrons. The quantitative estimate of drug-likeness (QED) is 0.834. The number of hydrogen-bond acceptors (Lipinski definition) is 3. The molecule has 2 atom stereocenters. The van der Waals surface area contributed by atoms with E-state index in [0.717, 1.165) is 11.4 Å². The average molecular weight is 316 g/mol. The van der Waals surface area contributed by atoms with Crippen molar-refractivity contribution < 1.29 is 9.50 Å². The highest BCUT2D eigenvalue weighted by Crippen LogP contribution is 2.50. The maximum absolute atomic E-state index is 13.1. The minimum atomic E-state index is -1.17. The Morgan fingerprint density at radius 3 is 2.65 bits per heavy atom. The Hall–Kier alpha value is -0.710. The molecule has 1 N–H and O–H groups in total. The van der Waals surface area contributed by atoms with Crippen molar-refractivity contribution in [2.45, 2.75) is 30.7 Å². The molecule has 1 heterocycles. The molecule has 2 nitrogen and oxygen atoms in total. The summed E-state index contributed by atoms with van der Waals surface area (Å²) in [6, 6.07) is 6.03. The van der Waals surface area contributed by atoms with Gasteiger partial charge in [0.25, 0.3) is 0 Å². The molecule has 1 aliphatic rings. The largest absolute Gasteiger partial charge is 0.366 e. The molecule has 1 aliphatic heterocycles. The zero-order valence-electron chi connectivity index (χ0n) is 11.5. The number of alkyl halides is 1. The zero-order chi connectivity index (χ0) is 14.8. The second-order valence-corrected chi connectivity index (χ2v) is 6.52. The van der Waals surface area contributed by atoms with Gasteiger partial charge in [-0.05, 0) is 25.0 Å². The van der Waals surface area contributed by atoms with Gasteiger partial charge in [-0.25, -0.2) is 4.39 Å². The van der Waals surface area contributed by atoms with Gasteiger partial charge in [0.15, 0.2) is 5.72 Å². The van der Waals surface area contributed by atoms with Crippen molar-refractivity contribution in [1.29, 1.82) is 0 Å². The van der Waals surface area contributed by atoms with E-state index in [1.807, 2.05) is 4.90 Å². The summed E-state index contributed by atoms with van der Waals surface area (Å²) in [5.74, 6) is 0.159. The Morgan fingerprint density at radius 2 is 2.10 bits per heavy atom. The van der Waals surface area contributed by atoms with E-state index >= 15 is 0 Å². The fourth-order valence-corrected chi connectivity index (χ4v) is 4.29. The van der Waals surface area contributed by atoms with Crippen LogP contribution in [0.2, 0.25) is 0 Å². The van der Waals surface area contributed by atoms with Gasteiger partial charge in [-0.15, -0.1) is 23.4 Å². The summed E-state index contributed by atoms with van der Waals surface area (Å²) in [4.78, 5) is 1.90. The number of nitrogens with zero attached hydrogens (tertiary/aromatic N) is 1. The van der Waals surface area contributed by atoms with Gasteiger partial charge in [0.1, 0.15) is 5.82 Å². The van der Waals surface area contributed by atoms with Gasteiger partial charge in [-0.1, -0.05) is 25.6 Å². The average Bonchev–Trinajstić information content (AvgIpc) is 2.66. The molecular formula is C15H19ClFNOS. The van der Waals surface area contributed by atoms with E-state index in [1.165, 1.54) is 12.1 Å². The topological polar surface area (TPSA) is 23.5 Å². The molecular weight excluding hydrogens is 297 g/mol. The molecule has 1 aromatic carbocycles. The van der Waals surface area contributed by atoms with Crippen LogP contribution in [0.1, 0.15) is 25.3 Å². The molecule has 0 amide bonds. The van der Waals surface area contributed by atoms with Crippen molar-refractivity contribution in [3.8, 4) is 0 Å². The Labute approximate surface area is 128 Å². The summed E-state index contributed by atoms with van der Waals surface area (Å²) < 4.78 is 13.1. The van der Waals surface area contributed by atoms with Crippen LogP contribution in [0, 0.1) is 5.82 Å². The Bertz CT molecular complexity index is 481. The molecule has 5 heteroatoms. The first-order chi connectivity index (χ1) is 9.53. The van der Waals surface area contributed by atoms with Gasteiger partial charge in [0.2, 0.25) is 0 Å². The lowest BCUT2D eigenvalue weighted by atomic mass is 9.95. The third-order valence-corrected chi connectivity index (χ3v) is 5.09. The Balaban J connectivity index is 2.43. The molecule has 1 fully saturated rings. The van der Waals surface area contributed by atoms with Gasteiger partial charge in [-0.2, -0.15) is 0 Å². The second-order valence-electron chi connectivity index (χ2n) is 4.86. The number of rotatable bonds is 5. The number of benzene rings is 1. The third kappa shape index (κ3) is 2.69. The SMILES string of the molecule is C=C1SC(CCCl)C(O)(c2ccc(F)cc2)N1CCC. The first-order valence-corrected chi connectivity index (χ1v) is 8.13. The zero-order valence-corrected chi connectivity index (χ0v) is 13.1. The summed E-state index contributed by atoms with van der Waals surface area (Å²) in [5.41, 5.74) is -0.478. The van der Waals surface area contributed by atoms with Gasteiger partial charge >= 0.3 is 0 Å². The van der Waals surface area contributed by atoms with Crippen molar-refractivity contribution in [2.75, 3.05) is 12.4 Å². The number of thioether (sulfide) groups is 1.